The number of halogens is 1. The first-order chi connectivity index (χ1) is 5.65. The summed E-state index contributed by atoms with van der Waals surface area (Å²) >= 11 is 5.78. The van der Waals surface area contributed by atoms with Crippen molar-refractivity contribution in [2.24, 2.45) is 5.73 Å². The molecular weight excluding hydrogens is 172 g/mol. The summed E-state index contributed by atoms with van der Waals surface area (Å²) in [6, 6.07) is 2.07. The highest BCUT2D eigenvalue weighted by Gasteiger charge is 2.05. The van der Waals surface area contributed by atoms with Crippen molar-refractivity contribution >= 4 is 11.6 Å². The zero-order valence-corrected chi connectivity index (χ0v) is 8.10. The second kappa shape index (κ2) is 3.87. The summed E-state index contributed by atoms with van der Waals surface area (Å²) in [6.07, 6.45) is 2.66. The van der Waals surface area contributed by atoms with E-state index in [4.69, 9.17) is 17.3 Å². The summed E-state index contributed by atoms with van der Waals surface area (Å²) < 4.78 is 0. The normalized spacial score (nSPS) is 13.0. The number of pyridine rings is 1. The molecule has 0 saturated carbocycles. The molecule has 66 valence electrons. The number of nitrogens with two attached hydrogens (primary N) is 1. The van der Waals surface area contributed by atoms with E-state index in [1.54, 1.807) is 6.20 Å². The van der Waals surface area contributed by atoms with Gasteiger partial charge in [-0.2, -0.15) is 0 Å². The molecule has 1 rings (SSSR count). The van der Waals surface area contributed by atoms with Crippen LogP contribution in [-0.2, 0) is 0 Å². The van der Waals surface area contributed by atoms with E-state index in [1.165, 1.54) is 0 Å². The Bertz CT molecular complexity index is 273. The fourth-order valence-electron chi connectivity index (χ4n) is 1.02. The van der Waals surface area contributed by atoms with Gasteiger partial charge in [0.25, 0.3) is 0 Å². The number of aryl methyl sites for hydroxylation is 1. The molecule has 3 heteroatoms. The van der Waals surface area contributed by atoms with E-state index in [2.05, 4.69) is 11.9 Å². The third-order valence-corrected chi connectivity index (χ3v) is 2.30. The van der Waals surface area contributed by atoms with Crippen LogP contribution in [0, 0.1) is 6.92 Å². The van der Waals surface area contributed by atoms with Crippen LogP contribution in [-0.4, -0.2) is 4.98 Å². The molecule has 1 aromatic heterocycles. The number of hydrogen-bond donors (Lipinski definition) is 1. The third-order valence-electron chi connectivity index (χ3n) is 1.90. The van der Waals surface area contributed by atoms with Gasteiger partial charge in [0, 0.05) is 12.2 Å². The van der Waals surface area contributed by atoms with E-state index < -0.39 is 0 Å². The van der Waals surface area contributed by atoms with Crippen LogP contribution in [0.2, 0.25) is 5.15 Å². The standard InChI is InChI=1S/C9H13ClN2/c1-3-8(11)7-4-6(2)9(10)12-5-7/h4-5,8H,3,11H2,1-2H3. The summed E-state index contributed by atoms with van der Waals surface area (Å²) in [5.41, 5.74) is 7.87. The highest BCUT2D eigenvalue weighted by atomic mass is 35.5. The summed E-state index contributed by atoms with van der Waals surface area (Å²) in [5, 5.41) is 0.557. The van der Waals surface area contributed by atoms with Gasteiger partial charge in [-0.05, 0) is 30.5 Å². The van der Waals surface area contributed by atoms with Crippen molar-refractivity contribution in [1.82, 2.24) is 4.98 Å². The van der Waals surface area contributed by atoms with Gasteiger partial charge in [-0.25, -0.2) is 4.98 Å². The molecule has 0 aliphatic carbocycles. The fourth-order valence-corrected chi connectivity index (χ4v) is 1.12. The molecule has 2 nitrogen and oxygen atoms in total. The maximum absolute atomic E-state index is 5.83. The molecule has 0 spiro atoms. The number of aromatic nitrogens is 1. The first kappa shape index (κ1) is 9.49. The van der Waals surface area contributed by atoms with Crippen LogP contribution in [0.5, 0.6) is 0 Å². The Morgan fingerprint density at radius 2 is 2.33 bits per heavy atom. The Hall–Kier alpha value is -0.600. The van der Waals surface area contributed by atoms with Crippen LogP contribution < -0.4 is 5.73 Å². The summed E-state index contributed by atoms with van der Waals surface area (Å²) in [5.74, 6) is 0. The molecule has 0 fully saturated rings. The predicted molar refractivity (Wildman–Crippen MR) is 51.2 cm³/mol. The van der Waals surface area contributed by atoms with Gasteiger partial charge < -0.3 is 5.73 Å². The topological polar surface area (TPSA) is 38.9 Å². The molecule has 12 heavy (non-hydrogen) atoms. The summed E-state index contributed by atoms with van der Waals surface area (Å²) in [4.78, 5) is 4.03. The van der Waals surface area contributed by atoms with Gasteiger partial charge >= 0.3 is 0 Å². The van der Waals surface area contributed by atoms with Gasteiger partial charge in [-0.15, -0.1) is 0 Å². The molecular formula is C9H13ClN2. The van der Waals surface area contributed by atoms with Crippen molar-refractivity contribution in [3.63, 3.8) is 0 Å². The molecule has 0 aliphatic heterocycles. The van der Waals surface area contributed by atoms with Crippen LogP contribution in [0.3, 0.4) is 0 Å². The van der Waals surface area contributed by atoms with Crippen LogP contribution in [0.4, 0.5) is 0 Å². The Balaban J connectivity index is 2.96. The van der Waals surface area contributed by atoms with Crippen LogP contribution in [0.15, 0.2) is 12.3 Å². The quantitative estimate of drug-likeness (QED) is 0.718. The molecule has 1 heterocycles. The predicted octanol–water partition coefficient (Wildman–Crippen LogP) is 2.45. The zero-order valence-electron chi connectivity index (χ0n) is 7.34. The number of hydrogen-bond acceptors (Lipinski definition) is 2. The van der Waals surface area contributed by atoms with Crippen molar-refractivity contribution in [2.75, 3.05) is 0 Å². The van der Waals surface area contributed by atoms with E-state index in [0.717, 1.165) is 17.5 Å². The molecule has 0 saturated heterocycles. The lowest BCUT2D eigenvalue weighted by atomic mass is 10.1. The van der Waals surface area contributed by atoms with Gasteiger partial charge in [-0.1, -0.05) is 18.5 Å². The molecule has 0 aromatic carbocycles. The molecule has 2 N–H and O–H groups in total. The van der Waals surface area contributed by atoms with Crippen molar-refractivity contribution in [3.8, 4) is 0 Å². The van der Waals surface area contributed by atoms with Crippen molar-refractivity contribution in [3.05, 3.63) is 28.5 Å². The lowest BCUT2D eigenvalue weighted by Crippen LogP contribution is -2.09. The highest BCUT2D eigenvalue weighted by molar-refractivity contribution is 6.30. The maximum atomic E-state index is 5.83. The van der Waals surface area contributed by atoms with Crippen LogP contribution in [0.1, 0.15) is 30.5 Å². The van der Waals surface area contributed by atoms with E-state index in [1.807, 2.05) is 13.0 Å². The van der Waals surface area contributed by atoms with E-state index in [9.17, 15) is 0 Å². The van der Waals surface area contributed by atoms with Gasteiger partial charge in [0.05, 0.1) is 0 Å². The Labute approximate surface area is 77.8 Å². The molecule has 0 amide bonds. The van der Waals surface area contributed by atoms with Crippen LogP contribution in [0.25, 0.3) is 0 Å². The smallest absolute Gasteiger partial charge is 0.131 e. The minimum absolute atomic E-state index is 0.0773. The average Bonchev–Trinajstić information content (AvgIpc) is 2.08. The van der Waals surface area contributed by atoms with Gasteiger partial charge in [0.2, 0.25) is 0 Å². The minimum Gasteiger partial charge on any atom is -0.324 e. The first-order valence-electron chi connectivity index (χ1n) is 4.02. The Kier molecular flexibility index (Phi) is 3.06. The lowest BCUT2D eigenvalue weighted by molar-refractivity contribution is 0.694. The fraction of sp³-hybridized carbons (Fsp3) is 0.444. The summed E-state index contributed by atoms with van der Waals surface area (Å²) in [6.45, 7) is 3.98. The van der Waals surface area contributed by atoms with Gasteiger partial charge in [0.15, 0.2) is 0 Å². The zero-order chi connectivity index (χ0) is 9.14. The van der Waals surface area contributed by atoms with Gasteiger partial charge in [-0.3, -0.25) is 0 Å². The van der Waals surface area contributed by atoms with Crippen molar-refractivity contribution < 1.29 is 0 Å². The molecule has 0 bridgehead atoms. The highest BCUT2D eigenvalue weighted by Crippen LogP contribution is 2.18. The second-order valence-electron chi connectivity index (χ2n) is 2.89. The number of rotatable bonds is 2. The molecule has 0 aliphatic rings. The number of nitrogens with zero attached hydrogens (tertiary/aromatic N) is 1. The Morgan fingerprint density at radius 1 is 1.67 bits per heavy atom. The minimum atomic E-state index is 0.0773. The second-order valence-corrected chi connectivity index (χ2v) is 3.25. The average molecular weight is 185 g/mol. The summed E-state index contributed by atoms with van der Waals surface area (Å²) in [7, 11) is 0. The molecule has 1 aromatic rings. The maximum Gasteiger partial charge on any atom is 0.131 e. The van der Waals surface area contributed by atoms with E-state index >= 15 is 0 Å². The van der Waals surface area contributed by atoms with Gasteiger partial charge in [0.1, 0.15) is 5.15 Å². The molecule has 1 atom stereocenters. The monoisotopic (exact) mass is 184 g/mol. The van der Waals surface area contributed by atoms with E-state index in [0.29, 0.717) is 5.15 Å². The lowest BCUT2D eigenvalue weighted by Gasteiger charge is -2.09. The first-order valence-corrected chi connectivity index (χ1v) is 4.40. The van der Waals surface area contributed by atoms with Crippen molar-refractivity contribution in [2.45, 2.75) is 26.3 Å². The molecule has 1 unspecified atom stereocenters. The van der Waals surface area contributed by atoms with Crippen LogP contribution >= 0.6 is 11.6 Å². The third kappa shape index (κ3) is 1.96. The molecule has 0 radical (unpaired) electrons. The van der Waals surface area contributed by atoms with Crippen molar-refractivity contribution in [1.29, 1.82) is 0 Å². The van der Waals surface area contributed by atoms with E-state index in [-0.39, 0.29) is 6.04 Å². The Morgan fingerprint density at radius 3 is 2.83 bits per heavy atom. The SMILES string of the molecule is CCC(N)c1cnc(Cl)c(C)c1. The largest absolute Gasteiger partial charge is 0.324 e.